The van der Waals surface area contributed by atoms with Crippen LogP contribution in [0.2, 0.25) is 0 Å². The van der Waals surface area contributed by atoms with Crippen molar-refractivity contribution in [1.29, 1.82) is 0 Å². The van der Waals surface area contributed by atoms with Crippen molar-refractivity contribution in [3.05, 3.63) is 12.7 Å². The molecule has 0 fully saturated rings. The van der Waals surface area contributed by atoms with Crippen molar-refractivity contribution < 1.29 is 9.46 Å². The van der Waals surface area contributed by atoms with E-state index in [4.69, 9.17) is 4.89 Å². The molecular weight excluding hydrogens is 111 g/mol. The Morgan fingerprint density at radius 3 is 2.43 bits per heavy atom. The van der Waals surface area contributed by atoms with Gasteiger partial charge in [-0.3, -0.25) is 4.57 Å². The van der Waals surface area contributed by atoms with E-state index in [-0.39, 0.29) is 5.66 Å². The molecule has 0 radical (unpaired) electrons. The molecule has 0 aromatic rings. The fourth-order valence-electron chi connectivity index (χ4n) is 0.101. The van der Waals surface area contributed by atoms with E-state index >= 15 is 0 Å². The lowest BCUT2D eigenvalue weighted by atomic mass is 10.5. The van der Waals surface area contributed by atoms with Crippen LogP contribution in [0.1, 0.15) is 6.92 Å². The van der Waals surface area contributed by atoms with Crippen LogP contribution in [0.15, 0.2) is 12.7 Å². The summed E-state index contributed by atoms with van der Waals surface area (Å²) in [5.74, 6) is 0. The molecule has 3 heteroatoms. The van der Waals surface area contributed by atoms with Crippen molar-refractivity contribution in [3.63, 3.8) is 0 Å². The summed E-state index contributed by atoms with van der Waals surface area (Å²) in [6, 6.07) is 0. The second-order valence-corrected chi connectivity index (χ2v) is 2.95. The van der Waals surface area contributed by atoms with Crippen molar-refractivity contribution >= 4 is 8.03 Å². The lowest BCUT2D eigenvalue weighted by Crippen LogP contribution is -1.84. The minimum absolute atomic E-state index is 0.231. The molecule has 0 saturated heterocycles. The van der Waals surface area contributed by atoms with Gasteiger partial charge in [-0.1, -0.05) is 13.0 Å². The molecule has 0 saturated carbocycles. The second kappa shape index (κ2) is 3.00. The first-order valence-corrected chi connectivity index (χ1v) is 3.47. The monoisotopic (exact) mass is 120 g/mol. The Hall–Kier alpha value is -0.0700. The van der Waals surface area contributed by atoms with Crippen molar-refractivity contribution in [2.24, 2.45) is 0 Å². The first-order chi connectivity index (χ1) is 3.18. The Kier molecular flexibility index (Phi) is 2.97. The fourth-order valence-corrected chi connectivity index (χ4v) is 0.302. The molecule has 0 bridgehead atoms. The number of rotatable bonds is 2. The molecule has 0 heterocycles. The Labute approximate surface area is 43.7 Å². The molecule has 0 aromatic carbocycles. The van der Waals surface area contributed by atoms with E-state index in [1.165, 1.54) is 6.08 Å². The Morgan fingerprint density at radius 1 is 2.00 bits per heavy atom. The first kappa shape index (κ1) is 6.93. The lowest BCUT2D eigenvalue weighted by Gasteiger charge is -1.94. The van der Waals surface area contributed by atoms with Gasteiger partial charge in [0.2, 0.25) is 0 Å². The Balaban J connectivity index is 3.55. The minimum Gasteiger partial charge on any atom is -0.346 e. The maximum Gasteiger partial charge on any atom is 0.195 e. The zero-order chi connectivity index (χ0) is 5.86. The smallest absolute Gasteiger partial charge is 0.195 e. The highest BCUT2D eigenvalue weighted by molar-refractivity contribution is 7.39. The van der Waals surface area contributed by atoms with E-state index in [9.17, 15) is 4.57 Å². The highest BCUT2D eigenvalue weighted by atomic mass is 31.1. The zero-order valence-electron chi connectivity index (χ0n) is 4.22. The standard InChI is InChI=1S/C4H9O2P/c1-3-4(2)7(5)6/h3-4,7H,1H2,2H3,(H,5,6). The summed E-state index contributed by atoms with van der Waals surface area (Å²) in [5.41, 5.74) is -0.231. The van der Waals surface area contributed by atoms with Crippen LogP contribution in [-0.4, -0.2) is 10.6 Å². The van der Waals surface area contributed by atoms with Gasteiger partial charge in [-0.2, -0.15) is 0 Å². The van der Waals surface area contributed by atoms with Gasteiger partial charge in [0, 0.05) is 5.66 Å². The molecule has 2 nitrogen and oxygen atoms in total. The van der Waals surface area contributed by atoms with Crippen LogP contribution in [-0.2, 0) is 4.57 Å². The van der Waals surface area contributed by atoms with E-state index in [2.05, 4.69) is 6.58 Å². The van der Waals surface area contributed by atoms with Gasteiger partial charge >= 0.3 is 0 Å². The van der Waals surface area contributed by atoms with Gasteiger partial charge < -0.3 is 4.89 Å². The number of hydrogen-bond acceptors (Lipinski definition) is 1. The average Bonchev–Trinajstić information content (AvgIpc) is 1.65. The van der Waals surface area contributed by atoms with Gasteiger partial charge in [-0.15, -0.1) is 6.58 Å². The molecule has 0 aliphatic heterocycles. The predicted octanol–water partition coefficient (Wildman–Crippen LogP) is 1.03. The molecule has 0 aromatic heterocycles. The van der Waals surface area contributed by atoms with E-state index in [0.717, 1.165) is 0 Å². The third-order valence-electron chi connectivity index (χ3n) is 0.743. The minimum atomic E-state index is -2.33. The van der Waals surface area contributed by atoms with Crippen LogP contribution >= 0.6 is 8.03 Å². The summed E-state index contributed by atoms with van der Waals surface area (Å²) in [5, 5.41) is 0. The summed E-state index contributed by atoms with van der Waals surface area (Å²) in [4.78, 5) is 8.30. The SMILES string of the molecule is C=CC(C)[PH](=O)O. The molecule has 2 unspecified atom stereocenters. The van der Waals surface area contributed by atoms with Crippen molar-refractivity contribution in [2.75, 3.05) is 0 Å². The summed E-state index contributed by atoms with van der Waals surface area (Å²) in [6.07, 6.45) is 1.47. The van der Waals surface area contributed by atoms with Gasteiger partial charge in [-0.05, 0) is 0 Å². The van der Waals surface area contributed by atoms with E-state index in [1.807, 2.05) is 0 Å². The summed E-state index contributed by atoms with van der Waals surface area (Å²) < 4.78 is 10.0. The normalized spacial score (nSPS) is 18.0. The van der Waals surface area contributed by atoms with E-state index < -0.39 is 8.03 Å². The van der Waals surface area contributed by atoms with Crippen LogP contribution in [0.3, 0.4) is 0 Å². The topological polar surface area (TPSA) is 37.3 Å². The van der Waals surface area contributed by atoms with E-state index in [0.29, 0.717) is 0 Å². The second-order valence-electron chi connectivity index (χ2n) is 1.36. The van der Waals surface area contributed by atoms with Crippen molar-refractivity contribution in [1.82, 2.24) is 0 Å². The Bertz CT molecular complexity index is 89.7. The number of allylic oxidation sites excluding steroid dienone is 1. The summed E-state index contributed by atoms with van der Waals surface area (Å²) in [6.45, 7) is 5.01. The first-order valence-electron chi connectivity index (χ1n) is 2.04. The predicted molar refractivity (Wildman–Crippen MR) is 30.9 cm³/mol. The molecule has 1 N–H and O–H groups in total. The summed E-state index contributed by atoms with van der Waals surface area (Å²) >= 11 is 0. The average molecular weight is 120 g/mol. The molecule has 7 heavy (non-hydrogen) atoms. The quantitative estimate of drug-likeness (QED) is 0.436. The van der Waals surface area contributed by atoms with Crippen LogP contribution in [0.25, 0.3) is 0 Å². The maximum atomic E-state index is 10.0. The third kappa shape index (κ3) is 2.60. The molecule has 0 aliphatic rings. The highest BCUT2D eigenvalue weighted by Gasteiger charge is 1.98. The maximum absolute atomic E-state index is 10.0. The van der Waals surface area contributed by atoms with Crippen LogP contribution in [0.4, 0.5) is 0 Å². The summed E-state index contributed by atoms with van der Waals surface area (Å²) in [7, 11) is -2.33. The third-order valence-corrected chi connectivity index (χ3v) is 1.76. The zero-order valence-corrected chi connectivity index (χ0v) is 5.22. The fraction of sp³-hybridized carbons (Fsp3) is 0.500. The van der Waals surface area contributed by atoms with Gasteiger partial charge in [0.15, 0.2) is 8.03 Å². The largest absolute Gasteiger partial charge is 0.346 e. The molecule has 2 atom stereocenters. The molecular formula is C4H9O2P. The molecule has 0 amide bonds. The highest BCUT2D eigenvalue weighted by Crippen LogP contribution is 2.21. The van der Waals surface area contributed by atoms with Crippen molar-refractivity contribution in [2.45, 2.75) is 12.6 Å². The Morgan fingerprint density at radius 2 is 2.43 bits per heavy atom. The molecule has 42 valence electrons. The van der Waals surface area contributed by atoms with Crippen LogP contribution in [0, 0.1) is 0 Å². The van der Waals surface area contributed by atoms with Crippen LogP contribution < -0.4 is 0 Å². The van der Waals surface area contributed by atoms with Crippen molar-refractivity contribution in [3.8, 4) is 0 Å². The van der Waals surface area contributed by atoms with Crippen LogP contribution in [0.5, 0.6) is 0 Å². The van der Waals surface area contributed by atoms with E-state index in [1.54, 1.807) is 6.92 Å². The number of hydrogen-bond donors (Lipinski definition) is 1. The molecule has 0 spiro atoms. The van der Waals surface area contributed by atoms with Gasteiger partial charge in [0.05, 0.1) is 0 Å². The van der Waals surface area contributed by atoms with Gasteiger partial charge in [0.1, 0.15) is 0 Å². The lowest BCUT2D eigenvalue weighted by molar-refractivity contribution is 0.498. The van der Waals surface area contributed by atoms with Gasteiger partial charge in [0.25, 0.3) is 0 Å². The molecule has 0 rings (SSSR count). The van der Waals surface area contributed by atoms with Gasteiger partial charge in [-0.25, -0.2) is 0 Å². The molecule has 0 aliphatic carbocycles.